The van der Waals surface area contributed by atoms with Crippen molar-refractivity contribution in [1.29, 1.82) is 0 Å². The molecule has 0 fully saturated rings. The molecular weight excluding hydrogens is 273 g/mol. The Balaban J connectivity index is 2.30. The van der Waals surface area contributed by atoms with Crippen molar-refractivity contribution < 1.29 is 15.0 Å². The van der Waals surface area contributed by atoms with Gasteiger partial charge in [0.2, 0.25) is 0 Å². The maximum Gasteiger partial charge on any atom is 0.496 e. The van der Waals surface area contributed by atoms with Gasteiger partial charge >= 0.3 is 7.12 Å². The first-order valence-corrected chi connectivity index (χ1v) is 6.16. The molecule has 21 heavy (non-hydrogen) atoms. The third-order valence-corrected chi connectivity index (χ3v) is 3.23. The van der Waals surface area contributed by atoms with Crippen LogP contribution < -0.4 is 5.46 Å². The largest absolute Gasteiger partial charge is 0.496 e. The van der Waals surface area contributed by atoms with Crippen molar-refractivity contribution >= 4 is 29.2 Å². The fourth-order valence-electron chi connectivity index (χ4n) is 2.32. The molecule has 2 N–H and O–H groups in total. The van der Waals surface area contributed by atoms with Gasteiger partial charge in [0.25, 0.3) is 5.69 Å². The summed E-state index contributed by atoms with van der Waals surface area (Å²) in [5.74, 6) is 0. The number of nitrogens with zero attached hydrogens (tertiary/aromatic N) is 3. The Kier molecular flexibility index (Phi) is 3.17. The Hall–Kier alpha value is -2.71. The van der Waals surface area contributed by atoms with Crippen LogP contribution in [0.1, 0.15) is 0 Å². The second-order valence-corrected chi connectivity index (χ2v) is 4.45. The number of aromatic nitrogens is 2. The van der Waals surface area contributed by atoms with Gasteiger partial charge in [-0.1, -0.05) is 18.2 Å². The molecule has 0 aliphatic rings. The normalized spacial score (nSPS) is 10.8. The van der Waals surface area contributed by atoms with Gasteiger partial charge in [-0.25, -0.2) is 4.68 Å². The Morgan fingerprint density at radius 1 is 1.14 bits per heavy atom. The molecule has 0 amide bonds. The first-order valence-electron chi connectivity index (χ1n) is 6.16. The smallest absolute Gasteiger partial charge is 0.423 e. The fourth-order valence-corrected chi connectivity index (χ4v) is 2.32. The minimum Gasteiger partial charge on any atom is -0.423 e. The molecule has 0 saturated heterocycles. The molecule has 3 aromatic rings. The predicted octanol–water partition coefficient (Wildman–Crippen LogP) is 0.613. The van der Waals surface area contributed by atoms with E-state index in [0.717, 1.165) is 5.69 Å². The Morgan fingerprint density at radius 3 is 2.48 bits per heavy atom. The lowest BCUT2D eigenvalue weighted by Crippen LogP contribution is -2.32. The average Bonchev–Trinajstić information content (AvgIpc) is 2.90. The van der Waals surface area contributed by atoms with Gasteiger partial charge < -0.3 is 10.0 Å². The van der Waals surface area contributed by atoms with E-state index in [-0.39, 0.29) is 11.2 Å². The lowest BCUT2D eigenvalue weighted by molar-refractivity contribution is -0.383. The van der Waals surface area contributed by atoms with E-state index in [1.165, 1.54) is 12.3 Å². The molecule has 0 atom stereocenters. The van der Waals surface area contributed by atoms with Crippen LogP contribution in [-0.2, 0) is 0 Å². The molecule has 0 spiro atoms. The van der Waals surface area contributed by atoms with Gasteiger partial charge in [-0.05, 0) is 18.2 Å². The summed E-state index contributed by atoms with van der Waals surface area (Å²) < 4.78 is 1.59. The van der Waals surface area contributed by atoms with Crippen molar-refractivity contribution in [3.05, 3.63) is 58.8 Å². The van der Waals surface area contributed by atoms with E-state index in [2.05, 4.69) is 5.10 Å². The van der Waals surface area contributed by atoms with Gasteiger partial charge in [0, 0.05) is 11.5 Å². The topological polar surface area (TPSA) is 101 Å². The molecule has 1 aromatic heterocycles. The summed E-state index contributed by atoms with van der Waals surface area (Å²) in [6, 6.07) is 12.0. The van der Waals surface area contributed by atoms with Gasteiger partial charge in [-0.3, -0.25) is 10.1 Å². The third-order valence-electron chi connectivity index (χ3n) is 3.23. The number of rotatable bonds is 3. The van der Waals surface area contributed by atoms with Crippen molar-refractivity contribution in [3.63, 3.8) is 0 Å². The SMILES string of the molecule is O=[N+]([O-])c1ccc2c(cnn2-c2ccccc2)c1B(O)O. The van der Waals surface area contributed by atoms with Gasteiger partial charge in [-0.15, -0.1) is 0 Å². The van der Waals surface area contributed by atoms with Crippen molar-refractivity contribution in [1.82, 2.24) is 9.78 Å². The summed E-state index contributed by atoms with van der Waals surface area (Å²) in [4.78, 5) is 10.4. The van der Waals surface area contributed by atoms with E-state index >= 15 is 0 Å². The monoisotopic (exact) mass is 283 g/mol. The minimum absolute atomic E-state index is 0.153. The summed E-state index contributed by atoms with van der Waals surface area (Å²) in [6.45, 7) is 0. The predicted molar refractivity (Wildman–Crippen MR) is 77.6 cm³/mol. The van der Waals surface area contributed by atoms with E-state index < -0.39 is 12.0 Å². The van der Waals surface area contributed by atoms with Crippen LogP contribution in [0.15, 0.2) is 48.7 Å². The molecule has 0 bridgehead atoms. The van der Waals surface area contributed by atoms with Crippen LogP contribution in [0.25, 0.3) is 16.6 Å². The zero-order chi connectivity index (χ0) is 15.0. The highest BCUT2D eigenvalue weighted by molar-refractivity contribution is 6.63. The summed E-state index contributed by atoms with van der Waals surface area (Å²) in [7, 11) is -1.94. The summed E-state index contributed by atoms with van der Waals surface area (Å²) in [6.07, 6.45) is 1.39. The third kappa shape index (κ3) is 2.16. The maximum absolute atomic E-state index is 11.0. The number of nitro benzene ring substituents is 1. The van der Waals surface area contributed by atoms with Crippen LogP contribution in [0.2, 0.25) is 0 Å². The van der Waals surface area contributed by atoms with E-state index in [4.69, 9.17) is 0 Å². The average molecular weight is 283 g/mol. The van der Waals surface area contributed by atoms with Gasteiger partial charge in [-0.2, -0.15) is 5.10 Å². The Bertz CT molecular complexity index is 817. The standard InChI is InChI=1S/C13H10BN3O4/c18-14(19)13-10-8-15-16(9-4-2-1-3-5-9)11(10)6-7-12(13)17(20)21/h1-8,18-19H. The molecule has 2 aromatic carbocycles. The molecule has 0 unspecified atom stereocenters. The van der Waals surface area contributed by atoms with Crippen LogP contribution in [0.3, 0.4) is 0 Å². The van der Waals surface area contributed by atoms with Gasteiger partial charge in [0.05, 0.1) is 27.8 Å². The fraction of sp³-hybridized carbons (Fsp3) is 0. The highest BCUT2D eigenvalue weighted by Crippen LogP contribution is 2.21. The number of hydrogen-bond acceptors (Lipinski definition) is 5. The number of hydrogen-bond donors (Lipinski definition) is 2. The summed E-state index contributed by atoms with van der Waals surface area (Å²) in [5, 5.41) is 34.4. The molecule has 8 heteroatoms. The quantitative estimate of drug-likeness (QED) is 0.416. The van der Waals surface area contributed by atoms with Crippen molar-refractivity contribution in [2.24, 2.45) is 0 Å². The van der Waals surface area contributed by atoms with Gasteiger partial charge in [0.1, 0.15) is 0 Å². The molecule has 0 radical (unpaired) electrons. The van der Waals surface area contributed by atoms with Crippen LogP contribution in [0, 0.1) is 10.1 Å². The second-order valence-electron chi connectivity index (χ2n) is 4.45. The van der Waals surface area contributed by atoms with E-state index in [1.54, 1.807) is 10.7 Å². The highest BCUT2D eigenvalue weighted by atomic mass is 16.6. The van der Waals surface area contributed by atoms with E-state index in [1.807, 2.05) is 30.3 Å². The summed E-state index contributed by atoms with van der Waals surface area (Å²) >= 11 is 0. The second kappa shape index (κ2) is 5.00. The number of nitro groups is 1. The van der Waals surface area contributed by atoms with Crippen LogP contribution in [0.4, 0.5) is 5.69 Å². The van der Waals surface area contributed by atoms with Crippen molar-refractivity contribution in [2.45, 2.75) is 0 Å². The molecule has 1 heterocycles. The van der Waals surface area contributed by atoms with Crippen molar-refractivity contribution in [3.8, 4) is 5.69 Å². The first-order chi connectivity index (χ1) is 10.1. The molecule has 0 aliphatic carbocycles. The lowest BCUT2D eigenvalue weighted by Gasteiger charge is -2.06. The van der Waals surface area contributed by atoms with Crippen LogP contribution in [-0.4, -0.2) is 31.9 Å². The molecule has 7 nitrogen and oxygen atoms in total. The molecule has 3 rings (SSSR count). The van der Waals surface area contributed by atoms with Crippen molar-refractivity contribution in [2.75, 3.05) is 0 Å². The van der Waals surface area contributed by atoms with E-state index in [9.17, 15) is 20.2 Å². The number of benzene rings is 2. The zero-order valence-electron chi connectivity index (χ0n) is 10.7. The number of para-hydroxylation sites is 1. The zero-order valence-corrected chi connectivity index (χ0v) is 10.7. The molecule has 104 valence electrons. The Morgan fingerprint density at radius 2 is 1.86 bits per heavy atom. The first kappa shape index (κ1) is 13.3. The number of fused-ring (bicyclic) bond motifs is 1. The van der Waals surface area contributed by atoms with Crippen LogP contribution >= 0.6 is 0 Å². The van der Waals surface area contributed by atoms with Crippen LogP contribution in [0.5, 0.6) is 0 Å². The molecule has 0 aliphatic heterocycles. The minimum atomic E-state index is -1.94. The molecule has 0 saturated carbocycles. The summed E-state index contributed by atoms with van der Waals surface area (Å²) in [5.41, 5.74) is 0.847. The highest BCUT2D eigenvalue weighted by Gasteiger charge is 2.28. The van der Waals surface area contributed by atoms with E-state index in [0.29, 0.717) is 10.9 Å². The molecular formula is C13H10BN3O4. The van der Waals surface area contributed by atoms with Gasteiger partial charge in [0.15, 0.2) is 0 Å². The Labute approximate surface area is 119 Å². The lowest BCUT2D eigenvalue weighted by atomic mass is 9.77. The maximum atomic E-state index is 11.0.